The molecule has 1 fully saturated rings. The molecule has 0 spiro atoms. The number of nitrogens with zero attached hydrogens (tertiary/aromatic N) is 3. The molecule has 0 amide bonds. The molecule has 6 heteroatoms. The molecule has 2 N–H and O–H groups in total. The molecule has 104 valence electrons. The Kier molecular flexibility index (Phi) is 4.19. The summed E-state index contributed by atoms with van der Waals surface area (Å²) < 4.78 is 0. The van der Waals surface area contributed by atoms with E-state index in [2.05, 4.69) is 4.98 Å². The molecule has 1 aliphatic rings. The molecule has 19 heavy (non-hydrogen) atoms. The summed E-state index contributed by atoms with van der Waals surface area (Å²) in [6.07, 6.45) is 6.45. The van der Waals surface area contributed by atoms with Crippen molar-refractivity contribution in [2.75, 3.05) is 24.2 Å². The van der Waals surface area contributed by atoms with Gasteiger partial charge in [-0.2, -0.15) is 0 Å². The molecule has 1 aromatic rings. The minimum absolute atomic E-state index is 0.0157. The highest BCUT2D eigenvalue weighted by Gasteiger charge is 2.18. The second-order valence-electron chi connectivity index (χ2n) is 5.22. The van der Waals surface area contributed by atoms with Crippen molar-refractivity contribution in [3.05, 3.63) is 22.2 Å². The molecule has 1 aliphatic carbocycles. The predicted octanol–water partition coefficient (Wildman–Crippen LogP) is 2.59. The van der Waals surface area contributed by atoms with Gasteiger partial charge in [0.05, 0.1) is 4.92 Å². The van der Waals surface area contributed by atoms with Gasteiger partial charge < -0.3 is 10.6 Å². The first-order valence-corrected chi connectivity index (χ1v) is 6.70. The summed E-state index contributed by atoms with van der Waals surface area (Å²) in [5, 5.41) is 10.7. The highest BCUT2D eigenvalue weighted by molar-refractivity contribution is 5.57. The van der Waals surface area contributed by atoms with E-state index in [1.54, 1.807) is 6.07 Å². The quantitative estimate of drug-likeness (QED) is 0.667. The zero-order valence-corrected chi connectivity index (χ0v) is 11.2. The third-order valence-corrected chi connectivity index (χ3v) is 3.73. The Morgan fingerprint density at radius 2 is 2.11 bits per heavy atom. The van der Waals surface area contributed by atoms with E-state index in [0.29, 0.717) is 11.7 Å². The first-order chi connectivity index (χ1) is 9.08. The summed E-state index contributed by atoms with van der Waals surface area (Å²) in [4.78, 5) is 16.3. The number of anilines is 2. The molecule has 0 saturated heterocycles. The number of hydrogen-bond donors (Lipinski definition) is 1. The van der Waals surface area contributed by atoms with Crippen molar-refractivity contribution in [3.63, 3.8) is 0 Å². The normalized spacial score (nSPS) is 16.3. The number of nitro groups is 1. The van der Waals surface area contributed by atoms with Crippen LogP contribution in [0.15, 0.2) is 12.1 Å². The van der Waals surface area contributed by atoms with Crippen LogP contribution in [-0.2, 0) is 0 Å². The molecule has 0 aliphatic heterocycles. The summed E-state index contributed by atoms with van der Waals surface area (Å²) in [5.74, 6) is 1.38. The topological polar surface area (TPSA) is 85.3 Å². The molecule has 0 atom stereocenters. The van der Waals surface area contributed by atoms with Crippen molar-refractivity contribution >= 4 is 17.3 Å². The van der Waals surface area contributed by atoms with E-state index >= 15 is 0 Å². The maximum Gasteiger partial charge on any atom is 0.311 e. The van der Waals surface area contributed by atoms with Gasteiger partial charge in [0.1, 0.15) is 5.82 Å². The monoisotopic (exact) mass is 264 g/mol. The Morgan fingerprint density at radius 3 is 2.68 bits per heavy atom. The van der Waals surface area contributed by atoms with E-state index in [4.69, 9.17) is 5.73 Å². The second-order valence-corrected chi connectivity index (χ2v) is 5.22. The van der Waals surface area contributed by atoms with Gasteiger partial charge in [0.25, 0.3) is 0 Å². The van der Waals surface area contributed by atoms with Gasteiger partial charge in [-0.1, -0.05) is 19.3 Å². The average Bonchev–Trinajstić information content (AvgIpc) is 2.39. The summed E-state index contributed by atoms with van der Waals surface area (Å²) >= 11 is 0. The molecular weight excluding hydrogens is 244 g/mol. The van der Waals surface area contributed by atoms with Gasteiger partial charge in [0.15, 0.2) is 0 Å². The minimum atomic E-state index is -0.507. The number of aromatic nitrogens is 1. The number of nitrogens with two attached hydrogens (primary N) is 1. The van der Waals surface area contributed by atoms with Crippen LogP contribution in [0.3, 0.4) is 0 Å². The van der Waals surface area contributed by atoms with Gasteiger partial charge >= 0.3 is 5.69 Å². The van der Waals surface area contributed by atoms with Crippen LogP contribution in [-0.4, -0.2) is 23.5 Å². The third kappa shape index (κ3) is 3.33. The maximum absolute atomic E-state index is 10.7. The lowest BCUT2D eigenvalue weighted by molar-refractivity contribution is -0.384. The summed E-state index contributed by atoms with van der Waals surface area (Å²) in [5.41, 5.74) is 5.48. The van der Waals surface area contributed by atoms with Crippen molar-refractivity contribution in [3.8, 4) is 0 Å². The lowest BCUT2D eigenvalue weighted by Gasteiger charge is -2.27. The van der Waals surface area contributed by atoms with E-state index in [9.17, 15) is 10.1 Å². The van der Waals surface area contributed by atoms with Crippen molar-refractivity contribution in [2.45, 2.75) is 32.1 Å². The van der Waals surface area contributed by atoms with Crippen molar-refractivity contribution < 1.29 is 4.92 Å². The molecule has 0 aromatic carbocycles. The van der Waals surface area contributed by atoms with Gasteiger partial charge in [0.2, 0.25) is 5.82 Å². The zero-order valence-electron chi connectivity index (χ0n) is 11.2. The van der Waals surface area contributed by atoms with Crippen LogP contribution in [0, 0.1) is 16.0 Å². The Morgan fingerprint density at radius 1 is 1.42 bits per heavy atom. The Labute approximate surface area is 112 Å². The third-order valence-electron chi connectivity index (χ3n) is 3.73. The van der Waals surface area contributed by atoms with Crippen LogP contribution in [0.25, 0.3) is 0 Å². The fraction of sp³-hybridized carbons (Fsp3) is 0.615. The summed E-state index contributed by atoms with van der Waals surface area (Å²) in [6, 6.07) is 3.09. The Balaban J connectivity index is 2.04. The van der Waals surface area contributed by atoms with E-state index < -0.39 is 4.92 Å². The molecule has 1 aromatic heterocycles. The maximum atomic E-state index is 10.7. The largest absolute Gasteiger partial charge is 0.378 e. The highest BCUT2D eigenvalue weighted by atomic mass is 16.6. The summed E-state index contributed by atoms with van der Waals surface area (Å²) in [7, 11) is 1.96. The lowest BCUT2D eigenvalue weighted by atomic mass is 9.89. The van der Waals surface area contributed by atoms with Crippen molar-refractivity contribution in [1.29, 1.82) is 0 Å². The van der Waals surface area contributed by atoms with Gasteiger partial charge in [-0.25, -0.2) is 4.98 Å². The SMILES string of the molecule is CN(CC1CCCCC1)c1ccc([N+](=O)[O-])c(N)n1. The average molecular weight is 264 g/mol. The Hall–Kier alpha value is -1.85. The van der Waals surface area contributed by atoms with Crippen LogP contribution in [0.2, 0.25) is 0 Å². The van der Waals surface area contributed by atoms with Gasteiger partial charge in [-0.3, -0.25) is 10.1 Å². The van der Waals surface area contributed by atoms with Crippen molar-refractivity contribution in [1.82, 2.24) is 4.98 Å². The number of pyridine rings is 1. The van der Waals surface area contributed by atoms with E-state index in [-0.39, 0.29) is 11.5 Å². The fourth-order valence-corrected chi connectivity index (χ4v) is 2.67. The van der Waals surface area contributed by atoms with Gasteiger partial charge in [0, 0.05) is 19.7 Å². The Bertz CT molecular complexity index is 458. The molecule has 0 radical (unpaired) electrons. The molecule has 0 bridgehead atoms. The number of hydrogen-bond acceptors (Lipinski definition) is 5. The molecular formula is C13H20N4O2. The van der Waals surface area contributed by atoms with Crippen LogP contribution < -0.4 is 10.6 Å². The molecule has 1 saturated carbocycles. The van der Waals surface area contributed by atoms with Crippen LogP contribution in [0.4, 0.5) is 17.3 Å². The van der Waals surface area contributed by atoms with Crippen LogP contribution in [0.1, 0.15) is 32.1 Å². The number of rotatable bonds is 4. The van der Waals surface area contributed by atoms with Gasteiger partial charge in [-0.15, -0.1) is 0 Å². The fourth-order valence-electron chi connectivity index (χ4n) is 2.67. The first-order valence-electron chi connectivity index (χ1n) is 6.70. The van der Waals surface area contributed by atoms with Crippen LogP contribution in [0.5, 0.6) is 0 Å². The standard InChI is InChI=1S/C13H20N4O2/c1-16(9-10-5-3-2-4-6-10)12-8-7-11(17(18)19)13(14)15-12/h7-8,10H,2-6,9H2,1H3,(H2,14,15). The van der Waals surface area contributed by atoms with E-state index in [1.807, 2.05) is 11.9 Å². The summed E-state index contributed by atoms with van der Waals surface area (Å²) in [6.45, 7) is 0.935. The molecule has 6 nitrogen and oxygen atoms in total. The van der Waals surface area contributed by atoms with Crippen molar-refractivity contribution in [2.24, 2.45) is 5.92 Å². The minimum Gasteiger partial charge on any atom is -0.378 e. The smallest absolute Gasteiger partial charge is 0.311 e. The lowest BCUT2D eigenvalue weighted by Crippen LogP contribution is -2.27. The highest BCUT2D eigenvalue weighted by Crippen LogP contribution is 2.27. The second kappa shape index (κ2) is 5.86. The van der Waals surface area contributed by atoms with Gasteiger partial charge in [-0.05, 0) is 24.8 Å². The number of nitrogen functional groups attached to an aromatic ring is 1. The molecule has 2 rings (SSSR count). The van der Waals surface area contributed by atoms with E-state index in [0.717, 1.165) is 6.54 Å². The zero-order chi connectivity index (χ0) is 13.8. The first kappa shape index (κ1) is 13.6. The molecule has 1 heterocycles. The predicted molar refractivity (Wildman–Crippen MR) is 75.1 cm³/mol. The van der Waals surface area contributed by atoms with Crippen LogP contribution >= 0.6 is 0 Å². The van der Waals surface area contributed by atoms with E-state index in [1.165, 1.54) is 38.2 Å². The molecule has 0 unspecified atom stereocenters.